The smallest absolute Gasteiger partial charge is 0.334 e. The molecule has 0 amide bonds. The van der Waals surface area contributed by atoms with Gasteiger partial charge in [-0.25, -0.2) is 0 Å². The van der Waals surface area contributed by atoms with Crippen LogP contribution in [0.3, 0.4) is 0 Å². The van der Waals surface area contributed by atoms with E-state index in [-0.39, 0.29) is 5.48 Å². The molecule has 12 nitrogen and oxygen atoms in total. The first-order valence-electron chi connectivity index (χ1n) is 15.3. The summed E-state index contributed by atoms with van der Waals surface area (Å²) in [5, 5.41) is 0. The molecule has 0 spiro atoms. The van der Waals surface area contributed by atoms with Crippen molar-refractivity contribution in [3.05, 3.63) is 0 Å². The Morgan fingerprint density at radius 3 is 0.951 bits per heavy atom. The highest BCUT2D eigenvalue weighted by Gasteiger charge is 2.56. The Bertz CT molecular complexity index is 570. The summed E-state index contributed by atoms with van der Waals surface area (Å²) in [5.74, 6) is 0. The molecule has 0 bridgehead atoms. The third-order valence-corrected chi connectivity index (χ3v) is 28.7. The minimum atomic E-state index is -2.50. The maximum absolute atomic E-state index is 6.87. The molecule has 0 aliphatic carbocycles. The van der Waals surface area contributed by atoms with Gasteiger partial charge in [0, 0.05) is 13.2 Å². The van der Waals surface area contributed by atoms with Crippen molar-refractivity contribution in [3.63, 3.8) is 0 Å². The van der Waals surface area contributed by atoms with E-state index < -0.39 is 42.8 Å². The van der Waals surface area contributed by atoms with Gasteiger partial charge in [0.25, 0.3) is 0 Å². The molecule has 1 rings (SSSR count). The maximum Gasteiger partial charge on any atom is 0.334 e. The van der Waals surface area contributed by atoms with Crippen molar-refractivity contribution >= 4 is 42.8 Å². The summed E-state index contributed by atoms with van der Waals surface area (Å²) in [7, 11) is -11.8. The van der Waals surface area contributed by atoms with Crippen LogP contribution in [0.25, 0.3) is 0 Å². The van der Waals surface area contributed by atoms with Crippen molar-refractivity contribution in [3.8, 4) is 0 Å². The van der Waals surface area contributed by atoms with Crippen molar-refractivity contribution in [1.82, 2.24) is 0 Å². The molecule has 41 heavy (non-hydrogen) atoms. The van der Waals surface area contributed by atoms with Crippen LogP contribution in [-0.4, -0.2) is 94.2 Å². The zero-order chi connectivity index (χ0) is 30.8. The van der Waals surface area contributed by atoms with Crippen LogP contribution in [-0.2, 0) is 25.3 Å². The van der Waals surface area contributed by atoms with Crippen LogP contribution < -0.4 is 28.7 Å². The van der Waals surface area contributed by atoms with Crippen LogP contribution in [0.15, 0.2) is 0 Å². The highest BCUT2D eigenvalue weighted by Crippen LogP contribution is 2.38. The van der Waals surface area contributed by atoms with Gasteiger partial charge in [0.1, 0.15) is 0 Å². The van der Waals surface area contributed by atoms with Crippen molar-refractivity contribution in [1.29, 1.82) is 0 Å². The highest BCUT2D eigenvalue weighted by atomic mass is 28.5. The van der Waals surface area contributed by atoms with E-state index in [4.69, 9.17) is 54.0 Å². The Kier molecular flexibility index (Phi) is 23.6. The minimum Gasteiger partial charge on any atom is -0.416 e. The van der Waals surface area contributed by atoms with Gasteiger partial charge >= 0.3 is 42.8 Å². The molecule has 1 saturated heterocycles. The van der Waals surface area contributed by atoms with Crippen molar-refractivity contribution in [2.24, 2.45) is 28.7 Å². The first-order chi connectivity index (χ1) is 18.8. The van der Waals surface area contributed by atoms with Gasteiger partial charge in [-0.3, -0.25) is 0 Å². The molecule has 250 valence electrons. The monoisotopic (exact) mass is 677 g/mol. The Balaban J connectivity index is 0. The number of rotatable bonds is 19. The fourth-order valence-electron chi connectivity index (χ4n) is 5.23. The molecule has 0 saturated carbocycles. The van der Waals surface area contributed by atoms with Crippen LogP contribution in [0.5, 0.6) is 0 Å². The van der Waals surface area contributed by atoms with Gasteiger partial charge in [0.2, 0.25) is 0 Å². The standard InChI is InChI=1S/C16H44N4O4Si4.C8H21NO2Si.H2O/c1-25(13-5-9-17)21-26(2,14-6-10-18)23-28(4,16-8-12-20)24-27(3,22-25)15-7-11-19;1-4-10-12(3,11-5-2)8-6-7-9;/h5-20H2,1-4H3;4-9H2,1-3H3;1H2. The quantitative estimate of drug-likeness (QED) is 0.125. The zero-order valence-corrected chi connectivity index (χ0v) is 32.4. The second kappa shape index (κ2) is 22.2. The van der Waals surface area contributed by atoms with Crippen molar-refractivity contribution < 1.29 is 30.8 Å². The first kappa shape index (κ1) is 43.7. The molecule has 0 aromatic heterocycles. The highest BCUT2D eigenvalue weighted by molar-refractivity contribution is 6.93. The Morgan fingerprint density at radius 2 is 0.756 bits per heavy atom. The van der Waals surface area contributed by atoms with E-state index in [2.05, 4.69) is 32.7 Å². The molecular weight excluding hydrogens is 611 g/mol. The van der Waals surface area contributed by atoms with E-state index in [0.717, 1.165) is 82.1 Å². The summed E-state index contributed by atoms with van der Waals surface area (Å²) < 4.78 is 38.7. The minimum absolute atomic E-state index is 0. The molecule has 0 aromatic rings. The lowest BCUT2D eigenvalue weighted by Crippen LogP contribution is -2.67. The van der Waals surface area contributed by atoms with Crippen LogP contribution >= 0.6 is 0 Å². The molecule has 0 atom stereocenters. The zero-order valence-electron chi connectivity index (χ0n) is 27.4. The van der Waals surface area contributed by atoms with E-state index in [0.29, 0.717) is 26.2 Å². The SMILES string of the molecule is CCO[Si](C)(CCCN)OCC.C[Si]1(CCCN)O[Si](C)(CCCN)O[Si](C)(CCCN)O[Si](C)(CCCN)O1.O. The number of hydrogen-bond acceptors (Lipinski definition) is 11. The average Bonchev–Trinajstić information content (AvgIpc) is 2.87. The second-order valence-electron chi connectivity index (χ2n) is 11.4. The lowest BCUT2D eigenvalue weighted by Gasteiger charge is -2.50. The summed E-state index contributed by atoms with van der Waals surface area (Å²) in [6, 6.07) is 4.42. The van der Waals surface area contributed by atoms with Gasteiger partial charge in [0.05, 0.1) is 0 Å². The van der Waals surface area contributed by atoms with E-state index in [9.17, 15) is 0 Å². The normalized spacial score (nSPS) is 28.7. The Labute approximate surface area is 256 Å². The fourth-order valence-corrected chi connectivity index (χ4v) is 31.1. The fraction of sp³-hybridized carbons (Fsp3) is 1.00. The number of nitrogens with two attached hydrogens (primary N) is 5. The van der Waals surface area contributed by atoms with Gasteiger partial charge in [0.15, 0.2) is 0 Å². The van der Waals surface area contributed by atoms with E-state index in [1.165, 1.54) is 0 Å². The number of hydrogen-bond donors (Lipinski definition) is 5. The molecule has 1 heterocycles. The average molecular weight is 678 g/mol. The van der Waals surface area contributed by atoms with Crippen LogP contribution in [0, 0.1) is 0 Å². The van der Waals surface area contributed by atoms with Gasteiger partial charge in [-0.15, -0.1) is 0 Å². The molecule has 12 N–H and O–H groups in total. The van der Waals surface area contributed by atoms with Gasteiger partial charge in [-0.05, 0) is 142 Å². The summed E-state index contributed by atoms with van der Waals surface area (Å²) in [6.07, 6.45) is 4.53. The molecule has 0 aromatic carbocycles. The van der Waals surface area contributed by atoms with E-state index in [1.807, 2.05) is 13.8 Å². The topological polar surface area (TPSA) is 217 Å². The van der Waals surface area contributed by atoms with Crippen LogP contribution in [0.4, 0.5) is 0 Å². The Morgan fingerprint density at radius 1 is 0.512 bits per heavy atom. The second-order valence-corrected chi connectivity index (χ2v) is 29.1. The first-order valence-corrected chi connectivity index (χ1v) is 28.0. The van der Waals surface area contributed by atoms with E-state index in [1.54, 1.807) is 0 Å². The van der Waals surface area contributed by atoms with Crippen molar-refractivity contribution in [2.45, 2.75) is 109 Å². The van der Waals surface area contributed by atoms with Crippen LogP contribution in [0.1, 0.15) is 46.0 Å². The Hall–Kier alpha value is 0.604. The largest absolute Gasteiger partial charge is 0.416 e. The third-order valence-electron chi connectivity index (χ3n) is 6.80. The van der Waals surface area contributed by atoms with Crippen LogP contribution in [0.2, 0.25) is 63.0 Å². The van der Waals surface area contributed by atoms with E-state index >= 15 is 0 Å². The molecule has 17 heteroatoms. The predicted octanol–water partition coefficient (Wildman–Crippen LogP) is 2.41. The summed E-state index contributed by atoms with van der Waals surface area (Å²) >= 11 is 0. The predicted molar refractivity (Wildman–Crippen MR) is 182 cm³/mol. The lowest BCUT2D eigenvalue weighted by atomic mass is 10.5. The molecule has 0 unspecified atom stereocenters. The van der Waals surface area contributed by atoms with Crippen molar-refractivity contribution in [2.75, 3.05) is 45.9 Å². The third kappa shape index (κ3) is 18.2. The van der Waals surface area contributed by atoms with Gasteiger partial charge in [-0.1, -0.05) is 0 Å². The summed E-state index contributed by atoms with van der Waals surface area (Å²) in [6.45, 7) is 19.5. The lowest BCUT2D eigenvalue weighted by molar-refractivity contribution is 0.188. The van der Waals surface area contributed by atoms with Gasteiger partial charge in [-0.2, -0.15) is 0 Å². The molecule has 1 fully saturated rings. The van der Waals surface area contributed by atoms with Gasteiger partial charge < -0.3 is 59.5 Å². The molecular formula is C24H67N5O7Si5. The molecule has 1 aliphatic rings. The maximum atomic E-state index is 6.87. The molecule has 0 radical (unpaired) electrons. The molecule has 1 aliphatic heterocycles. The summed E-state index contributed by atoms with van der Waals surface area (Å²) in [5.41, 5.74) is 28.6. The summed E-state index contributed by atoms with van der Waals surface area (Å²) in [4.78, 5) is 0.